The molecule has 0 aliphatic carbocycles. The van der Waals surface area contributed by atoms with Gasteiger partial charge in [0, 0.05) is 18.7 Å². The SMILES string of the molecule is O=C(NCCCCCCNc1ncnc2c1ncn2C1OC(CO)C(O)C1O)c1ccc(S(=O)(=O)F)cc1. The van der Waals surface area contributed by atoms with Gasteiger partial charge in [0.05, 0.1) is 17.8 Å². The first-order chi connectivity index (χ1) is 18.2. The lowest BCUT2D eigenvalue weighted by Crippen LogP contribution is -2.33. The topological polar surface area (TPSA) is 189 Å². The Morgan fingerprint density at radius 3 is 2.39 bits per heavy atom. The van der Waals surface area contributed by atoms with Crippen LogP contribution in [0.3, 0.4) is 0 Å². The number of amides is 1. The van der Waals surface area contributed by atoms with E-state index in [9.17, 15) is 32.4 Å². The van der Waals surface area contributed by atoms with Crippen molar-refractivity contribution < 1.29 is 37.2 Å². The molecule has 13 nitrogen and oxygen atoms in total. The van der Waals surface area contributed by atoms with Crippen molar-refractivity contribution in [3.63, 3.8) is 0 Å². The summed E-state index contributed by atoms with van der Waals surface area (Å²) in [6.07, 6.45) is 1.79. The second-order valence-electron chi connectivity index (χ2n) is 8.83. The number of carbonyl (C=O) groups is 1. The van der Waals surface area contributed by atoms with Crippen LogP contribution in [0.25, 0.3) is 11.2 Å². The van der Waals surface area contributed by atoms with Crippen LogP contribution >= 0.6 is 0 Å². The van der Waals surface area contributed by atoms with Crippen LogP contribution in [-0.4, -0.2) is 87.2 Å². The van der Waals surface area contributed by atoms with Gasteiger partial charge in [0.2, 0.25) is 0 Å². The summed E-state index contributed by atoms with van der Waals surface area (Å²) in [7, 11) is -4.79. The fourth-order valence-corrected chi connectivity index (χ4v) is 4.62. The second-order valence-corrected chi connectivity index (χ2v) is 10.2. The van der Waals surface area contributed by atoms with Crippen molar-refractivity contribution in [3.8, 4) is 0 Å². The molecule has 3 heterocycles. The molecule has 2 aromatic heterocycles. The summed E-state index contributed by atoms with van der Waals surface area (Å²) in [6, 6.07) is 4.63. The molecule has 1 aliphatic heterocycles. The van der Waals surface area contributed by atoms with Gasteiger partial charge >= 0.3 is 10.2 Å². The number of anilines is 1. The fourth-order valence-electron chi connectivity index (χ4n) is 4.16. The number of aliphatic hydroxyl groups excluding tert-OH is 3. The molecule has 4 atom stereocenters. The van der Waals surface area contributed by atoms with Crippen LogP contribution in [0.2, 0.25) is 0 Å². The van der Waals surface area contributed by atoms with Gasteiger partial charge in [-0.25, -0.2) is 15.0 Å². The molecule has 1 aliphatic rings. The molecular formula is C23H29FN6O7S. The summed E-state index contributed by atoms with van der Waals surface area (Å²) in [5, 5.41) is 35.6. The molecule has 0 saturated carbocycles. The van der Waals surface area contributed by atoms with Gasteiger partial charge in [0.1, 0.15) is 24.6 Å². The van der Waals surface area contributed by atoms with Gasteiger partial charge < -0.3 is 30.7 Å². The Morgan fingerprint density at radius 2 is 1.74 bits per heavy atom. The number of imidazole rings is 1. The van der Waals surface area contributed by atoms with E-state index < -0.39 is 46.3 Å². The quantitative estimate of drug-likeness (QED) is 0.155. The van der Waals surface area contributed by atoms with Crippen LogP contribution in [0.1, 0.15) is 42.3 Å². The van der Waals surface area contributed by atoms with Gasteiger partial charge in [-0.3, -0.25) is 9.36 Å². The van der Waals surface area contributed by atoms with Gasteiger partial charge in [-0.1, -0.05) is 12.8 Å². The van der Waals surface area contributed by atoms with Crippen LogP contribution in [0.5, 0.6) is 0 Å². The minimum absolute atomic E-state index is 0.249. The molecular weight excluding hydrogens is 523 g/mol. The lowest BCUT2D eigenvalue weighted by Gasteiger charge is -2.16. The van der Waals surface area contributed by atoms with E-state index in [0.29, 0.717) is 30.1 Å². The van der Waals surface area contributed by atoms with E-state index in [1.165, 1.54) is 29.4 Å². The molecule has 1 amide bonds. The van der Waals surface area contributed by atoms with Crippen LogP contribution in [0.4, 0.5) is 9.70 Å². The summed E-state index contributed by atoms with van der Waals surface area (Å²) in [5.41, 5.74) is 1.14. The van der Waals surface area contributed by atoms with Crippen molar-refractivity contribution in [1.29, 1.82) is 0 Å². The Labute approximate surface area is 217 Å². The van der Waals surface area contributed by atoms with Gasteiger partial charge in [-0.2, -0.15) is 8.42 Å². The first-order valence-corrected chi connectivity index (χ1v) is 13.5. The summed E-state index contributed by atoms with van der Waals surface area (Å²) in [6.45, 7) is 0.627. The molecule has 0 radical (unpaired) electrons. The van der Waals surface area contributed by atoms with Crippen molar-refractivity contribution in [2.75, 3.05) is 25.0 Å². The molecule has 3 aromatic rings. The van der Waals surface area contributed by atoms with Crippen molar-refractivity contribution in [2.45, 2.75) is 55.1 Å². The van der Waals surface area contributed by atoms with Gasteiger partial charge in [0.15, 0.2) is 23.2 Å². The van der Waals surface area contributed by atoms with E-state index >= 15 is 0 Å². The third-order valence-corrected chi connectivity index (χ3v) is 7.06. The fraction of sp³-hybridized carbons (Fsp3) is 0.478. The number of fused-ring (bicyclic) bond motifs is 1. The monoisotopic (exact) mass is 552 g/mol. The highest BCUT2D eigenvalue weighted by Gasteiger charge is 2.44. The first-order valence-electron chi connectivity index (χ1n) is 12.1. The van der Waals surface area contributed by atoms with E-state index in [1.807, 2.05) is 0 Å². The van der Waals surface area contributed by atoms with E-state index in [4.69, 9.17) is 4.74 Å². The number of ether oxygens (including phenoxy) is 1. The van der Waals surface area contributed by atoms with Crippen LogP contribution in [0.15, 0.2) is 41.8 Å². The zero-order valence-electron chi connectivity index (χ0n) is 20.3. The number of aliphatic hydroxyl groups is 3. The standard InChI is InChI=1S/C23H29FN6O7S/c24-38(35,36)15-7-5-14(6-8-15)22(34)26-10-4-2-1-3-9-25-20-17-21(28-12-27-20)30(13-29-17)23-19(33)18(32)16(11-31)37-23/h5-8,12-13,16,18-19,23,31-33H,1-4,9-11H2,(H,26,34)(H,25,27,28). The van der Waals surface area contributed by atoms with E-state index in [1.54, 1.807) is 0 Å². The molecule has 0 bridgehead atoms. The average Bonchev–Trinajstić information content (AvgIpc) is 3.46. The summed E-state index contributed by atoms with van der Waals surface area (Å²) >= 11 is 0. The number of hydrogen-bond acceptors (Lipinski definition) is 11. The van der Waals surface area contributed by atoms with Gasteiger partial charge in [-0.15, -0.1) is 3.89 Å². The Bertz CT molecular complexity index is 1350. The maximum atomic E-state index is 12.9. The number of halogens is 1. The zero-order chi connectivity index (χ0) is 27.3. The molecule has 15 heteroatoms. The minimum atomic E-state index is -4.79. The summed E-state index contributed by atoms with van der Waals surface area (Å²) in [4.78, 5) is 24.4. The van der Waals surface area contributed by atoms with E-state index in [2.05, 4.69) is 25.6 Å². The Kier molecular flexibility index (Phi) is 8.83. The number of unbranched alkanes of at least 4 members (excludes halogenated alkanes) is 3. The molecule has 38 heavy (non-hydrogen) atoms. The number of aromatic nitrogens is 4. The van der Waals surface area contributed by atoms with Crippen LogP contribution in [0, 0.1) is 0 Å². The predicted molar refractivity (Wildman–Crippen MR) is 132 cm³/mol. The molecule has 0 spiro atoms. The lowest BCUT2D eigenvalue weighted by molar-refractivity contribution is -0.0511. The van der Waals surface area contributed by atoms with Crippen LogP contribution in [-0.2, 0) is 15.0 Å². The smallest absolute Gasteiger partial charge is 0.332 e. The van der Waals surface area contributed by atoms with Crippen molar-refractivity contribution >= 4 is 33.1 Å². The minimum Gasteiger partial charge on any atom is -0.394 e. The molecule has 206 valence electrons. The van der Waals surface area contributed by atoms with E-state index in [0.717, 1.165) is 37.8 Å². The summed E-state index contributed by atoms with van der Waals surface area (Å²) < 4.78 is 41.7. The lowest BCUT2D eigenvalue weighted by atomic mass is 10.1. The highest BCUT2D eigenvalue weighted by atomic mass is 32.3. The number of carbonyl (C=O) groups excluding carboxylic acids is 1. The summed E-state index contributed by atoms with van der Waals surface area (Å²) in [5.74, 6) is 0.151. The number of rotatable bonds is 12. The Balaban J connectivity index is 1.18. The van der Waals surface area contributed by atoms with E-state index in [-0.39, 0.29) is 11.5 Å². The largest absolute Gasteiger partial charge is 0.394 e. The normalized spacial score (nSPS) is 21.6. The second kappa shape index (κ2) is 12.1. The highest BCUT2D eigenvalue weighted by Crippen LogP contribution is 2.32. The Hall–Kier alpha value is -3.24. The maximum Gasteiger partial charge on any atom is 0.332 e. The number of nitrogens with zero attached hydrogens (tertiary/aromatic N) is 4. The number of nitrogens with one attached hydrogen (secondary N) is 2. The number of benzene rings is 1. The molecule has 4 unspecified atom stereocenters. The van der Waals surface area contributed by atoms with Gasteiger partial charge in [-0.05, 0) is 37.1 Å². The molecule has 1 fully saturated rings. The zero-order valence-corrected chi connectivity index (χ0v) is 21.1. The molecule has 1 saturated heterocycles. The van der Waals surface area contributed by atoms with Crippen molar-refractivity contribution in [3.05, 3.63) is 42.5 Å². The third-order valence-electron chi connectivity index (χ3n) is 6.23. The predicted octanol–water partition coefficient (Wildman–Crippen LogP) is 0.498. The van der Waals surface area contributed by atoms with Gasteiger partial charge in [0.25, 0.3) is 5.91 Å². The highest BCUT2D eigenvalue weighted by molar-refractivity contribution is 7.86. The van der Waals surface area contributed by atoms with Crippen molar-refractivity contribution in [1.82, 2.24) is 24.8 Å². The molecule has 5 N–H and O–H groups in total. The van der Waals surface area contributed by atoms with Crippen LogP contribution < -0.4 is 10.6 Å². The molecule has 4 rings (SSSR count). The number of hydrogen-bond donors (Lipinski definition) is 5. The average molecular weight is 553 g/mol. The van der Waals surface area contributed by atoms with Crippen molar-refractivity contribution in [2.24, 2.45) is 0 Å². The first kappa shape index (κ1) is 27.8. The maximum absolute atomic E-state index is 12.9. The third kappa shape index (κ3) is 6.24. The Morgan fingerprint density at radius 1 is 1.03 bits per heavy atom. The molecule has 1 aromatic carbocycles.